The molecule has 4 rings (SSSR count). The van der Waals surface area contributed by atoms with Crippen LogP contribution >= 0.6 is 12.4 Å². The summed E-state index contributed by atoms with van der Waals surface area (Å²) in [6.45, 7) is 8.87. The first-order valence-corrected chi connectivity index (χ1v) is 13.5. The first-order valence-electron chi connectivity index (χ1n) is 13.5. The number of carbonyl (C=O) groups excluding carboxylic acids is 2. The first-order chi connectivity index (χ1) is 20.0. The van der Waals surface area contributed by atoms with Crippen molar-refractivity contribution in [2.45, 2.75) is 65.1 Å². The average Bonchev–Trinajstić information content (AvgIpc) is 3.66. The van der Waals surface area contributed by atoms with Crippen molar-refractivity contribution in [1.29, 1.82) is 0 Å². The van der Waals surface area contributed by atoms with Crippen LogP contribution in [0.25, 0.3) is 22.8 Å². The molecule has 0 spiro atoms. The van der Waals surface area contributed by atoms with Crippen LogP contribution in [0, 0.1) is 5.82 Å². The Bertz CT molecular complexity index is 1520. The molecule has 0 saturated carbocycles. The predicted molar refractivity (Wildman–Crippen MR) is 156 cm³/mol. The third kappa shape index (κ3) is 8.36. The lowest BCUT2D eigenvalue weighted by atomic mass is 10.1. The maximum atomic E-state index is 14.9. The van der Waals surface area contributed by atoms with Crippen LogP contribution < -0.4 is 15.8 Å². The number of hydrogen-bond acceptors (Lipinski definition) is 11. The van der Waals surface area contributed by atoms with E-state index in [1.165, 1.54) is 19.1 Å². The van der Waals surface area contributed by atoms with Gasteiger partial charge >= 0.3 is 5.97 Å². The van der Waals surface area contributed by atoms with Gasteiger partial charge in [0.25, 0.3) is 11.8 Å². The number of nitrogens with zero attached hydrogens (tertiary/aromatic N) is 4. The van der Waals surface area contributed by atoms with Crippen molar-refractivity contribution < 1.29 is 32.5 Å². The highest BCUT2D eigenvalue weighted by Gasteiger charge is 2.22. The number of hydrogen-bond donors (Lipinski definition) is 2. The van der Waals surface area contributed by atoms with Crippen LogP contribution in [0.15, 0.2) is 51.5 Å². The van der Waals surface area contributed by atoms with E-state index in [2.05, 4.69) is 25.6 Å². The molecular weight excluding hydrogens is 583 g/mol. The fourth-order valence-corrected chi connectivity index (χ4v) is 3.75. The Hall–Kier alpha value is -4.36. The van der Waals surface area contributed by atoms with E-state index in [1.807, 2.05) is 32.9 Å². The van der Waals surface area contributed by atoms with E-state index in [0.717, 1.165) is 11.6 Å². The number of benzene rings is 2. The van der Waals surface area contributed by atoms with E-state index >= 15 is 0 Å². The Balaban J connectivity index is 0.00000506. The zero-order valence-electron chi connectivity index (χ0n) is 24.4. The molecule has 43 heavy (non-hydrogen) atoms. The second-order valence-electron chi connectivity index (χ2n) is 10.1. The minimum atomic E-state index is -0.781. The lowest BCUT2D eigenvalue weighted by Crippen LogP contribution is -2.39. The Morgan fingerprint density at radius 3 is 2.14 bits per heavy atom. The minimum absolute atomic E-state index is 0. The first kappa shape index (κ1) is 33.1. The molecule has 0 bridgehead atoms. The van der Waals surface area contributed by atoms with Crippen molar-refractivity contribution in [3.05, 3.63) is 65.6 Å². The van der Waals surface area contributed by atoms with Gasteiger partial charge in [0.05, 0.1) is 11.6 Å². The second-order valence-corrected chi connectivity index (χ2v) is 10.1. The highest BCUT2D eigenvalue weighted by atomic mass is 35.5. The Labute approximate surface area is 253 Å². The molecule has 0 saturated heterocycles. The van der Waals surface area contributed by atoms with Gasteiger partial charge in [-0.05, 0) is 56.7 Å². The zero-order chi connectivity index (χ0) is 30.4. The van der Waals surface area contributed by atoms with Crippen molar-refractivity contribution in [3.8, 4) is 28.5 Å². The standard InChI is InChI=1S/C29H33FN6O6.ClH/c1-6-23(40-20-10-7-18(8-11-20)24-33-27(15(2)3)41-35-24)28-34-25(36-42-28)19-9-12-21(22(30)13-19)26(37)32-16(4)14-39-29(38)17(5)31;/h7-13,15-17,23H,6,14,31H2,1-5H3,(H,32,37);1H/t16-,17+,23?;/m1./s1. The summed E-state index contributed by atoms with van der Waals surface area (Å²) in [6, 6.07) is 9.85. The van der Waals surface area contributed by atoms with Gasteiger partial charge in [-0.2, -0.15) is 9.97 Å². The number of rotatable bonds is 12. The molecule has 0 radical (unpaired) electrons. The monoisotopic (exact) mass is 616 g/mol. The summed E-state index contributed by atoms with van der Waals surface area (Å²) < 4.78 is 36.6. The van der Waals surface area contributed by atoms with Crippen LogP contribution in [0.2, 0.25) is 0 Å². The lowest BCUT2D eigenvalue weighted by molar-refractivity contribution is -0.145. The summed E-state index contributed by atoms with van der Waals surface area (Å²) in [5.41, 5.74) is 6.36. The smallest absolute Gasteiger partial charge is 0.322 e. The minimum Gasteiger partial charge on any atom is -0.481 e. The Morgan fingerprint density at radius 1 is 0.953 bits per heavy atom. The molecule has 0 fully saturated rings. The molecule has 1 amide bonds. The maximum absolute atomic E-state index is 14.9. The molecule has 230 valence electrons. The number of esters is 1. The van der Waals surface area contributed by atoms with Gasteiger partial charge in [0, 0.05) is 17.0 Å². The van der Waals surface area contributed by atoms with Gasteiger partial charge in [0.2, 0.25) is 17.5 Å². The van der Waals surface area contributed by atoms with Gasteiger partial charge in [0.15, 0.2) is 6.10 Å². The van der Waals surface area contributed by atoms with E-state index in [1.54, 1.807) is 19.1 Å². The molecule has 14 heteroatoms. The van der Waals surface area contributed by atoms with Gasteiger partial charge in [-0.1, -0.05) is 37.2 Å². The van der Waals surface area contributed by atoms with Crippen LogP contribution in [0.1, 0.15) is 75.2 Å². The summed E-state index contributed by atoms with van der Waals surface area (Å²) in [7, 11) is 0. The largest absolute Gasteiger partial charge is 0.481 e. The van der Waals surface area contributed by atoms with Crippen molar-refractivity contribution in [2.24, 2.45) is 5.73 Å². The Kier molecular flexibility index (Phi) is 11.3. The third-order valence-electron chi connectivity index (χ3n) is 6.11. The van der Waals surface area contributed by atoms with E-state index in [0.29, 0.717) is 29.4 Å². The Morgan fingerprint density at radius 2 is 1.56 bits per heavy atom. The molecule has 3 atom stereocenters. The maximum Gasteiger partial charge on any atom is 0.322 e. The van der Waals surface area contributed by atoms with E-state index < -0.39 is 35.9 Å². The van der Waals surface area contributed by atoms with Crippen LogP contribution in [0.5, 0.6) is 5.75 Å². The lowest BCUT2D eigenvalue weighted by Gasteiger charge is -2.15. The van der Waals surface area contributed by atoms with Crippen LogP contribution in [-0.2, 0) is 9.53 Å². The average molecular weight is 617 g/mol. The number of nitrogens with one attached hydrogen (secondary N) is 1. The molecule has 0 aliphatic carbocycles. The van der Waals surface area contributed by atoms with Gasteiger partial charge in [-0.25, -0.2) is 4.39 Å². The fraction of sp³-hybridized carbons (Fsp3) is 0.379. The summed E-state index contributed by atoms with van der Waals surface area (Å²) >= 11 is 0. The molecule has 2 heterocycles. The zero-order valence-corrected chi connectivity index (χ0v) is 25.2. The van der Waals surface area contributed by atoms with E-state index in [4.69, 9.17) is 24.3 Å². The fourth-order valence-electron chi connectivity index (χ4n) is 3.75. The van der Waals surface area contributed by atoms with E-state index in [-0.39, 0.29) is 42.2 Å². The number of halogens is 2. The van der Waals surface area contributed by atoms with Crippen molar-refractivity contribution in [1.82, 2.24) is 25.6 Å². The number of aromatic nitrogens is 4. The number of nitrogens with two attached hydrogens (primary N) is 1. The van der Waals surface area contributed by atoms with Crippen LogP contribution in [0.3, 0.4) is 0 Å². The van der Waals surface area contributed by atoms with E-state index in [9.17, 15) is 14.0 Å². The number of carbonyl (C=O) groups is 2. The summed E-state index contributed by atoms with van der Waals surface area (Å²) in [5.74, 6) is 0.0772. The quantitative estimate of drug-likeness (QED) is 0.205. The van der Waals surface area contributed by atoms with Gasteiger partial charge in [-0.15, -0.1) is 12.4 Å². The number of amides is 1. The molecule has 2 aromatic carbocycles. The second kappa shape index (κ2) is 14.7. The highest BCUT2D eigenvalue weighted by molar-refractivity contribution is 5.95. The van der Waals surface area contributed by atoms with Crippen molar-refractivity contribution in [3.63, 3.8) is 0 Å². The summed E-state index contributed by atoms with van der Waals surface area (Å²) in [5, 5.41) is 10.6. The molecule has 2 aromatic heterocycles. The van der Waals surface area contributed by atoms with Crippen LogP contribution in [-0.4, -0.2) is 50.8 Å². The summed E-state index contributed by atoms with van der Waals surface area (Å²) in [4.78, 5) is 32.8. The highest BCUT2D eigenvalue weighted by Crippen LogP contribution is 2.28. The molecule has 4 aromatic rings. The molecule has 0 aliphatic heterocycles. The van der Waals surface area contributed by atoms with Gasteiger partial charge < -0.3 is 29.6 Å². The molecule has 3 N–H and O–H groups in total. The third-order valence-corrected chi connectivity index (χ3v) is 6.11. The predicted octanol–water partition coefficient (Wildman–Crippen LogP) is 5.01. The van der Waals surface area contributed by atoms with Gasteiger partial charge in [-0.3, -0.25) is 9.59 Å². The van der Waals surface area contributed by atoms with Crippen molar-refractivity contribution in [2.75, 3.05) is 6.61 Å². The molecule has 12 nitrogen and oxygen atoms in total. The van der Waals surface area contributed by atoms with Crippen LogP contribution in [0.4, 0.5) is 4.39 Å². The SMILES string of the molecule is CCC(Oc1ccc(-c2noc(C(C)C)n2)cc1)c1nc(-c2ccc(C(=O)N[C@H](C)COC(=O)[C@H](C)N)c(F)c2)no1.Cl. The molecule has 0 aliphatic rings. The number of ether oxygens (including phenoxy) is 2. The molecular formula is C29H34ClFN6O6. The molecule has 1 unspecified atom stereocenters. The topological polar surface area (TPSA) is 168 Å². The normalized spacial score (nSPS) is 13.1. The van der Waals surface area contributed by atoms with Gasteiger partial charge in [0.1, 0.15) is 24.2 Å². The van der Waals surface area contributed by atoms with Crippen molar-refractivity contribution >= 4 is 24.3 Å². The summed E-state index contributed by atoms with van der Waals surface area (Å²) in [6.07, 6.45) is -0.0282.